The molecule has 0 aliphatic heterocycles. The average Bonchev–Trinajstić information content (AvgIpc) is 2.95. The van der Waals surface area contributed by atoms with Crippen LogP contribution in [-0.2, 0) is 9.59 Å². The van der Waals surface area contributed by atoms with Crippen molar-refractivity contribution in [2.45, 2.75) is 199 Å². The second-order valence-electron chi connectivity index (χ2n) is 11.9. The van der Waals surface area contributed by atoms with Crippen molar-refractivity contribution in [1.29, 1.82) is 0 Å². The van der Waals surface area contributed by atoms with E-state index in [0.717, 1.165) is 12.8 Å². The topological polar surface area (TPSA) is 58.9 Å². The van der Waals surface area contributed by atoms with Crippen LogP contribution in [0.5, 0.6) is 0 Å². The van der Waals surface area contributed by atoms with E-state index in [-0.39, 0.29) is 0 Å². The zero-order valence-corrected chi connectivity index (χ0v) is 26.0. The first kappa shape index (κ1) is 37.8. The molecule has 0 N–H and O–H groups in total. The summed E-state index contributed by atoms with van der Waals surface area (Å²) >= 11 is 0. The third-order valence-corrected chi connectivity index (χ3v) is 8.17. The Kier molecular flexibility index (Phi) is 35.6. The van der Waals surface area contributed by atoms with Gasteiger partial charge in [0, 0.05) is 0 Å². The Balaban J connectivity index is 3.04. The van der Waals surface area contributed by atoms with Crippen molar-refractivity contribution in [2.24, 2.45) is 9.98 Å². The summed E-state index contributed by atoms with van der Waals surface area (Å²) in [7, 11) is 0. The van der Waals surface area contributed by atoms with E-state index in [9.17, 15) is 9.59 Å². The van der Waals surface area contributed by atoms with Gasteiger partial charge in [-0.2, -0.15) is 0 Å². The number of aliphatic imine (C=N–C) groups is 2. The predicted molar refractivity (Wildman–Crippen MR) is 169 cm³/mol. The van der Waals surface area contributed by atoms with Gasteiger partial charge in [0.1, 0.15) is 0 Å². The quantitative estimate of drug-likeness (QED) is 0.0457. The number of unbranched alkanes of at least 4 members (excludes halogenated alkanes) is 30. The first-order valence-electron chi connectivity index (χ1n) is 17.5. The molecule has 0 spiro atoms. The summed E-state index contributed by atoms with van der Waals surface area (Å²) < 4.78 is 0. The van der Waals surface area contributed by atoms with Crippen molar-refractivity contribution in [3.05, 3.63) is 0 Å². The molecule has 4 heteroatoms. The molecule has 228 valence electrons. The lowest BCUT2D eigenvalue weighted by atomic mass is 10.0. The molecular formula is C35H66N2O2. The van der Waals surface area contributed by atoms with Crippen LogP contribution in [0.3, 0.4) is 0 Å². The van der Waals surface area contributed by atoms with Crippen LogP contribution in [-0.4, -0.2) is 25.2 Å². The van der Waals surface area contributed by atoms with Gasteiger partial charge < -0.3 is 0 Å². The standard InChI is InChI=1S/C35H66N2O2/c38-34-36-32-30-28-26-24-22-20-18-16-14-12-10-8-6-4-2-1-3-5-7-9-11-13-15-17-19-21-23-25-27-29-31-33-37-35-39/h1-33H2. The van der Waals surface area contributed by atoms with Crippen LogP contribution in [0.2, 0.25) is 0 Å². The first-order chi connectivity index (χ1) is 19.4. The van der Waals surface area contributed by atoms with E-state index in [1.54, 1.807) is 12.2 Å². The van der Waals surface area contributed by atoms with Crippen LogP contribution < -0.4 is 0 Å². The molecule has 0 aliphatic rings. The fourth-order valence-electron chi connectivity index (χ4n) is 5.60. The molecule has 0 bridgehead atoms. The molecule has 0 saturated carbocycles. The minimum absolute atomic E-state index is 0.664. The first-order valence-corrected chi connectivity index (χ1v) is 17.5. The van der Waals surface area contributed by atoms with E-state index >= 15 is 0 Å². The van der Waals surface area contributed by atoms with Gasteiger partial charge in [0.25, 0.3) is 0 Å². The normalized spacial score (nSPS) is 10.9. The average molecular weight is 547 g/mol. The van der Waals surface area contributed by atoms with Crippen LogP contribution in [0.1, 0.15) is 199 Å². The van der Waals surface area contributed by atoms with Gasteiger partial charge in [-0.15, -0.1) is 0 Å². The fourth-order valence-corrected chi connectivity index (χ4v) is 5.60. The van der Waals surface area contributed by atoms with Gasteiger partial charge in [0.2, 0.25) is 12.2 Å². The van der Waals surface area contributed by atoms with Gasteiger partial charge in [0.15, 0.2) is 0 Å². The van der Waals surface area contributed by atoms with Crippen molar-refractivity contribution in [1.82, 2.24) is 0 Å². The molecule has 0 atom stereocenters. The summed E-state index contributed by atoms with van der Waals surface area (Å²) in [5.41, 5.74) is 0. The van der Waals surface area contributed by atoms with E-state index in [4.69, 9.17) is 0 Å². The largest absolute Gasteiger partial charge is 0.234 e. The fraction of sp³-hybridized carbons (Fsp3) is 0.943. The highest BCUT2D eigenvalue weighted by Gasteiger charge is 1.97. The number of carbonyl (C=O) groups excluding carboxylic acids is 2. The number of hydrogen-bond acceptors (Lipinski definition) is 4. The number of rotatable bonds is 34. The lowest BCUT2D eigenvalue weighted by Gasteiger charge is -2.04. The molecule has 39 heavy (non-hydrogen) atoms. The van der Waals surface area contributed by atoms with E-state index in [0.29, 0.717) is 13.1 Å². The third-order valence-electron chi connectivity index (χ3n) is 8.17. The van der Waals surface area contributed by atoms with E-state index < -0.39 is 0 Å². The lowest BCUT2D eigenvalue weighted by molar-refractivity contribution is 0.512. The Morgan fingerprint density at radius 2 is 0.359 bits per heavy atom. The van der Waals surface area contributed by atoms with Gasteiger partial charge in [-0.25, -0.2) is 19.6 Å². The number of nitrogens with zero attached hydrogens (tertiary/aromatic N) is 2. The molecule has 0 aliphatic carbocycles. The number of hydrogen-bond donors (Lipinski definition) is 0. The van der Waals surface area contributed by atoms with Crippen molar-refractivity contribution in [3.8, 4) is 0 Å². The Morgan fingerprint density at radius 3 is 0.487 bits per heavy atom. The SMILES string of the molecule is O=C=NCCCCCCCCCCCCCCCCCCCCCCCCCCCCCCCCCN=C=O. The smallest absolute Gasteiger partial charge is 0.211 e. The molecule has 0 aromatic heterocycles. The minimum Gasteiger partial charge on any atom is -0.211 e. The minimum atomic E-state index is 0.664. The summed E-state index contributed by atoms with van der Waals surface area (Å²) in [6.45, 7) is 1.33. The van der Waals surface area contributed by atoms with Crippen LogP contribution in [0, 0.1) is 0 Å². The van der Waals surface area contributed by atoms with Gasteiger partial charge in [-0.1, -0.05) is 186 Å². The third kappa shape index (κ3) is 36.8. The summed E-state index contributed by atoms with van der Waals surface area (Å²) in [5, 5.41) is 0. The maximum absolute atomic E-state index is 9.99. The second kappa shape index (κ2) is 36.8. The molecule has 4 nitrogen and oxygen atoms in total. The van der Waals surface area contributed by atoms with E-state index in [1.165, 1.54) is 186 Å². The monoisotopic (exact) mass is 547 g/mol. The molecule has 0 unspecified atom stereocenters. The molecule has 0 aromatic carbocycles. The predicted octanol–water partition coefficient (Wildman–Crippen LogP) is 11.8. The van der Waals surface area contributed by atoms with Crippen LogP contribution in [0.25, 0.3) is 0 Å². The Labute approximate surface area is 243 Å². The Bertz CT molecular complexity index is 505. The van der Waals surface area contributed by atoms with Crippen molar-refractivity contribution in [3.63, 3.8) is 0 Å². The zero-order chi connectivity index (χ0) is 28.2. The molecule has 0 saturated heterocycles. The molecule has 0 rings (SSSR count). The summed E-state index contributed by atoms with van der Waals surface area (Å²) in [5.74, 6) is 0. The highest BCUT2D eigenvalue weighted by molar-refractivity contribution is 5.32. The van der Waals surface area contributed by atoms with Gasteiger partial charge in [-0.05, 0) is 12.8 Å². The van der Waals surface area contributed by atoms with Crippen molar-refractivity contribution < 1.29 is 9.59 Å². The zero-order valence-electron chi connectivity index (χ0n) is 26.0. The van der Waals surface area contributed by atoms with Gasteiger partial charge in [-0.3, -0.25) is 0 Å². The van der Waals surface area contributed by atoms with Gasteiger partial charge >= 0.3 is 0 Å². The molecule has 0 radical (unpaired) electrons. The lowest BCUT2D eigenvalue weighted by Crippen LogP contribution is -1.85. The van der Waals surface area contributed by atoms with Crippen molar-refractivity contribution >= 4 is 12.2 Å². The van der Waals surface area contributed by atoms with Crippen LogP contribution in [0.15, 0.2) is 9.98 Å². The maximum Gasteiger partial charge on any atom is 0.234 e. The van der Waals surface area contributed by atoms with Crippen LogP contribution in [0.4, 0.5) is 0 Å². The molecule has 0 fully saturated rings. The second-order valence-corrected chi connectivity index (χ2v) is 11.9. The molecule has 0 amide bonds. The summed E-state index contributed by atoms with van der Waals surface area (Å²) in [6.07, 6.45) is 46.0. The van der Waals surface area contributed by atoms with E-state index in [1.807, 2.05) is 0 Å². The number of isocyanates is 2. The van der Waals surface area contributed by atoms with E-state index in [2.05, 4.69) is 9.98 Å². The molecular weight excluding hydrogens is 480 g/mol. The highest BCUT2D eigenvalue weighted by atomic mass is 16.1. The highest BCUT2D eigenvalue weighted by Crippen LogP contribution is 2.16. The maximum atomic E-state index is 9.99. The molecule has 0 aromatic rings. The van der Waals surface area contributed by atoms with Crippen LogP contribution >= 0.6 is 0 Å². The Morgan fingerprint density at radius 1 is 0.231 bits per heavy atom. The van der Waals surface area contributed by atoms with Gasteiger partial charge in [0.05, 0.1) is 13.1 Å². The Hall–Kier alpha value is -1.24. The summed E-state index contributed by atoms with van der Waals surface area (Å²) in [6, 6.07) is 0. The van der Waals surface area contributed by atoms with Crippen molar-refractivity contribution in [2.75, 3.05) is 13.1 Å². The summed E-state index contributed by atoms with van der Waals surface area (Å²) in [4.78, 5) is 27.2. The molecule has 0 heterocycles.